The molecule has 0 spiro atoms. The van der Waals surface area contributed by atoms with Crippen molar-refractivity contribution in [1.29, 1.82) is 0 Å². The first-order chi connectivity index (χ1) is 12.2. The minimum atomic E-state index is -0.567. The largest absolute Gasteiger partial charge is 0.511 e. The van der Waals surface area contributed by atoms with E-state index in [1.807, 2.05) is 43.7 Å². The zero-order valence-electron chi connectivity index (χ0n) is 15.7. The lowest BCUT2D eigenvalue weighted by molar-refractivity contribution is -0.133. The molecule has 0 aliphatic heterocycles. The van der Waals surface area contributed by atoms with Gasteiger partial charge in [-0.15, -0.1) is 0 Å². The number of carbonyl (C=O) groups excluding carboxylic acids is 1. The van der Waals surface area contributed by atoms with Crippen molar-refractivity contribution in [2.24, 2.45) is 13.0 Å². The number of esters is 1. The number of methoxy groups -OCH3 is 1. The molecule has 2 N–H and O–H groups in total. The summed E-state index contributed by atoms with van der Waals surface area (Å²) in [5, 5.41) is 21.5. The zero-order chi connectivity index (χ0) is 19.2. The van der Waals surface area contributed by atoms with Gasteiger partial charge in [0.15, 0.2) is 0 Å². The van der Waals surface area contributed by atoms with Gasteiger partial charge in [-0.25, -0.2) is 4.79 Å². The Balaban J connectivity index is 2.41. The average Bonchev–Trinajstić information content (AvgIpc) is 2.94. The SMILES string of the molecule is C=C(CO)CC1C(O)=C(C(=O)OC)c2cccc3c2c(cn3C)C1(C)C. The first-order valence-electron chi connectivity index (χ1n) is 8.61. The highest BCUT2D eigenvalue weighted by molar-refractivity contribution is 6.21. The molecule has 0 saturated carbocycles. The molecule has 26 heavy (non-hydrogen) atoms. The summed E-state index contributed by atoms with van der Waals surface area (Å²) in [6, 6.07) is 5.71. The van der Waals surface area contributed by atoms with Crippen molar-refractivity contribution < 1.29 is 19.7 Å². The average molecular weight is 355 g/mol. The van der Waals surface area contributed by atoms with Gasteiger partial charge < -0.3 is 19.5 Å². The third-order valence-corrected chi connectivity index (χ3v) is 5.54. The molecule has 1 atom stereocenters. The summed E-state index contributed by atoms with van der Waals surface area (Å²) in [6.07, 6.45) is 2.43. The summed E-state index contributed by atoms with van der Waals surface area (Å²) in [6.45, 7) is 7.82. The van der Waals surface area contributed by atoms with Crippen LogP contribution >= 0.6 is 0 Å². The quantitative estimate of drug-likeness (QED) is 0.651. The van der Waals surface area contributed by atoms with Crippen molar-refractivity contribution in [3.63, 3.8) is 0 Å². The van der Waals surface area contributed by atoms with Crippen LogP contribution < -0.4 is 0 Å². The fourth-order valence-electron chi connectivity index (χ4n) is 4.01. The predicted octanol–water partition coefficient (Wildman–Crippen LogP) is 3.47. The Morgan fingerprint density at radius 1 is 1.38 bits per heavy atom. The van der Waals surface area contributed by atoms with Crippen LogP contribution in [0.2, 0.25) is 0 Å². The van der Waals surface area contributed by atoms with E-state index in [0.29, 0.717) is 17.6 Å². The standard InChI is InChI=1S/C21H25NO4/c1-12(11-23)9-14-19(24)18(20(25)26-5)13-7-6-8-16-17(13)15(10-22(16)4)21(14,2)3/h6-8,10,14,23-24H,1,9,11H2,2-5H3. The van der Waals surface area contributed by atoms with Gasteiger partial charge in [-0.3, -0.25) is 0 Å². The van der Waals surface area contributed by atoms with E-state index in [1.165, 1.54) is 7.11 Å². The molecular weight excluding hydrogens is 330 g/mol. The minimum Gasteiger partial charge on any atom is -0.511 e. The Hall–Kier alpha value is -2.53. The van der Waals surface area contributed by atoms with Gasteiger partial charge in [-0.05, 0) is 18.1 Å². The van der Waals surface area contributed by atoms with Crippen molar-refractivity contribution in [3.05, 3.63) is 53.4 Å². The van der Waals surface area contributed by atoms with Crippen LogP contribution in [0.15, 0.2) is 42.3 Å². The first kappa shape index (κ1) is 18.3. The van der Waals surface area contributed by atoms with E-state index < -0.39 is 17.3 Å². The fourth-order valence-corrected chi connectivity index (χ4v) is 4.01. The lowest BCUT2D eigenvalue weighted by Crippen LogP contribution is -2.31. The van der Waals surface area contributed by atoms with E-state index in [4.69, 9.17) is 4.74 Å². The molecule has 1 aliphatic carbocycles. The number of hydrogen-bond donors (Lipinski definition) is 2. The molecule has 138 valence electrons. The second-order valence-corrected chi connectivity index (χ2v) is 7.49. The smallest absolute Gasteiger partial charge is 0.341 e. The van der Waals surface area contributed by atoms with Crippen molar-refractivity contribution in [1.82, 2.24) is 4.57 Å². The van der Waals surface area contributed by atoms with Crippen LogP contribution in [0.3, 0.4) is 0 Å². The second-order valence-electron chi connectivity index (χ2n) is 7.49. The Morgan fingerprint density at radius 2 is 2.08 bits per heavy atom. The third-order valence-electron chi connectivity index (χ3n) is 5.54. The Morgan fingerprint density at radius 3 is 2.69 bits per heavy atom. The summed E-state index contributed by atoms with van der Waals surface area (Å²) in [5.74, 6) is -0.987. The molecule has 0 fully saturated rings. The maximum atomic E-state index is 12.6. The van der Waals surface area contributed by atoms with E-state index in [-0.39, 0.29) is 17.9 Å². The van der Waals surface area contributed by atoms with Crippen molar-refractivity contribution in [2.45, 2.75) is 25.7 Å². The number of nitrogens with zero attached hydrogens (tertiary/aromatic N) is 1. The third kappa shape index (κ3) is 2.54. The molecule has 3 rings (SSSR count). The highest BCUT2D eigenvalue weighted by Gasteiger charge is 2.42. The first-order valence-corrected chi connectivity index (χ1v) is 8.61. The molecular formula is C21H25NO4. The van der Waals surface area contributed by atoms with E-state index >= 15 is 0 Å². The fraction of sp³-hybridized carbons (Fsp3) is 0.381. The molecule has 1 aromatic heterocycles. The molecule has 0 amide bonds. The monoisotopic (exact) mass is 355 g/mol. The highest BCUT2D eigenvalue weighted by Crippen LogP contribution is 2.48. The molecule has 1 aromatic carbocycles. The van der Waals surface area contributed by atoms with Gasteiger partial charge in [0.05, 0.1) is 13.7 Å². The lowest BCUT2D eigenvalue weighted by Gasteiger charge is -2.34. The number of aliphatic hydroxyl groups is 2. The van der Waals surface area contributed by atoms with Crippen molar-refractivity contribution >= 4 is 22.4 Å². The van der Waals surface area contributed by atoms with Crippen LogP contribution in [-0.4, -0.2) is 34.5 Å². The summed E-state index contributed by atoms with van der Waals surface area (Å²) in [7, 11) is 3.28. The van der Waals surface area contributed by atoms with E-state index in [2.05, 4.69) is 12.8 Å². The van der Waals surface area contributed by atoms with Gasteiger partial charge in [-0.1, -0.05) is 38.1 Å². The second kappa shape index (κ2) is 6.32. The molecule has 0 radical (unpaired) electrons. The molecule has 1 unspecified atom stereocenters. The highest BCUT2D eigenvalue weighted by atomic mass is 16.5. The molecule has 5 heteroatoms. The van der Waals surface area contributed by atoms with Crippen molar-refractivity contribution in [3.8, 4) is 0 Å². The van der Waals surface area contributed by atoms with Gasteiger partial charge in [0.1, 0.15) is 11.3 Å². The van der Waals surface area contributed by atoms with E-state index in [1.54, 1.807) is 0 Å². The molecule has 2 aromatic rings. The van der Waals surface area contributed by atoms with Gasteiger partial charge in [-0.2, -0.15) is 0 Å². The number of hydrogen-bond acceptors (Lipinski definition) is 4. The summed E-state index contributed by atoms with van der Waals surface area (Å²) >= 11 is 0. The number of allylic oxidation sites excluding steroid dienone is 1. The maximum absolute atomic E-state index is 12.6. The van der Waals surface area contributed by atoms with Crippen LogP contribution in [0.5, 0.6) is 0 Å². The van der Waals surface area contributed by atoms with E-state index in [0.717, 1.165) is 16.5 Å². The lowest BCUT2D eigenvalue weighted by atomic mass is 9.70. The molecule has 0 saturated heterocycles. The summed E-state index contributed by atoms with van der Waals surface area (Å²) < 4.78 is 7.01. The van der Waals surface area contributed by atoms with Gasteiger partial charge in [0.25, 0.3) is 0 Å². The zero-order valence-corrected chi connectivity index (χ0v) is 15.7. The number of rotatable bonds is 4. The van der Waals surface area contributed by atoms with E-state index in [9.17, 15) is 15.0 Å². The normalized spacial score (nSPS) is 18.7. The summed E-state index contributed by atoms with van der Waals surface area (Å²) in [4.78, 5) is 12.6. The minimum absolute atomic E-state index is 0.0113. The van der Waals surface area contributed by atoms with Crippen LogP contribution in [0.1, 0.15) is 31.4 Å². The number of aryl methyl sites for hydroxylation is 1. The summed E-state index contributed by atoms with van der Waals surface area (Å²) in [5.41, 5.74) is 3.03. The van der Waals surface area contributed by atoms with Crippen LogP contribution in [0.4, 0.5) is 0 Å². The Bertz CT molecular complexity index is 933. The van der Waals surface area contributed by atoms with Crippen LogP contribution in [0.25, 0.3) is 16.5 Å². The number of carbonyl (C=O) groups is 1. The predicted molar refractivity (Wildman–Crippen MR) is 102 cm³/mol. The molecule has 5 nitrogen and oxygen atoms in total. The number of benzene rings is 1. The maximum Gasteiger partial charge on any atom is 0.341 e. The Kier molecular flexibility index (Phi) is 4.44. The number of aromatic nitrogens is 1. The van der Waals surface area contributed by atoms with Gasteiger partial charge in [0, 0.05) is 41.0 Å². The number of aliphatic hydroxyl groups excluding tert-OH is 2. The topological polar surface area (TPSA) is 71.7 Å². The molecule has 1 aliphatic rings. The van der Waals surface area contributed by atoms with Gasteiger partial charge in [0.2, 0.25) is 0 Å². The van der Waals surface area contributed by atoms with Crippen LogP contribution in [-0.2, 0) is 22.0 Å². The molecule has 0 bridgehead atoms. The molecule has 1 heterocycles. The Labute approximate surface area is 153 Å². The van der Waals surface area contributed by atoms with Crippen molar-refractivity contribution in [2.75, 3.05) is 13.7 Å². The van der Waals surface area contributed by atoms with Crippen LogP contribution in [0, 0.1) is 5.92 Å². The van der Waals surface area contributed by atoms with Gasteiger partial charge >= 0.3 is 5.97 Å². The number of ether oxygens (including phenoxy) is 1.